The minimum absolute atomic E-state index is 0.326. The van der Waals surface area contributed by atoms with Gasteiger partial charge in [0.25, 0.3) is 5.91 Å². The minimum Gasteiger partial charge on any atom is -0.472 e. The monoisotopic (exact) mass is 244 g/mol. The molecule has 0 aliphatic rings. The Morgan fingerprint density at radius 1 is 1.67 bits per heavy atom. The minimum atomic E-state index is -0.726. The van der Waals surface area contributed by atoms with Crippen LogP contribution in [0.3, 0.4) is 0 Å². The number of hydrogen-bond acceptors (Lipinski definition) is 4. The van der Waals surface area contributed by atoms with Gasteiger partial charge < -0.3 is 9.73 Å². The predicted molar refractivity (Wildman–Crippen MR) is 62.5 cm³/mol. The van der Waals surface area contributed by atoms with Crippen molar-refractivity contribution in [1.82, 2.24) is 15.1 Å². The number of furan rings is 1. The highest BCUT2D eigenvalue weighted by Gasteiger charge is 2.18. The first-order valence-electron chi connectivity index (χ1n) is 5.34. The molecule has 2 rings (SSSR count). The van der Waals surface area contributed by atoms with E-state index in [1.165, 1.54) is 12.5 Å². The van der Waals surface area contributed by atoms with E-state index in [9.17, 15) is 4.79 Å². The van der Waals surface area contributed by atoms with Gasteiger partial charge >= 0.3 is 0 Å². The summed E-state index contributed by atoms with van der Waals surface area (Å²) in [4.78, 5) is 12.0. The molecule has 0 fully saturated rings. The number of aryl methyl sites for hydroxylation is 2. The van der Waals surface area contributed by atoms with Gasteiger partial charge in [0.1, 0.15) is 6.04 Å². The highest BCUT2D eigenvalue weighted by Crippen LogP contribution is 2.14. The third-order valence-electron chi connectivity index (χ3n) is 2.54. The quantitative estimate of drug-likeness (QED) is 0.882. The zero-order valence-corrected chi connectivity index (χ0v) is 10.0. The molecule has 6 heteroatoms. The van der Waals surface area contributed by atoms with Crippen molar-refractivity contribution >= 4 is 5.91 Å². The van der Waals surface area contributed by atoms with E-state index < -0.39 is 6.04 Å². The Labute approximate surface area is 104 Å². The van der Waals surface area contributed by atoms with Crippen molar-refractivity contribution in [2.24, 2.45) is 7.05 Å². The van der Waals surface area contributed by atoms with Gasteiger partial charge in [-0.05, 0) is 13.0 Å². The third kappa shape index (κ3) is 2.25. The summed E-state index contributed by atoms with van der Waals surface area (Å²) < 4.78 is 6.45. The van der Waals surface area contributed by atoms with Gasteiger partial charge in [0.15, 0.2) is 0 Å². The molecule has 0 saturated carbocycles. The summed E-state index contributed by atoms with van der Waals surface area (Å²) in [5.41, 5.74) is 1.70. The average Bonchev–Trinajstić information content (AvgIpc) is 2.95. The van der Waals surface area contributed by atoms with E-state index in [2.05, 4.69) is 10.4 Å². The van der Waals surface area contributed by atoms with Gasteiger partial charge in [0.05, 0.1) is 29.9 Å². The average molecular weight is 244 g/mol. The first-order chi connectivity index (χ1) is 8.61. The Morgan fingerprint density at radius 3 is 2.94 bits per heavy atom. The van der Waals surface area contributed by atoms with Gasteiger partial charge in [-0.25, -0.2) is 0 Å². The highest BCUT2D eigenvalue weighted by molar-refractivity contribution is 5.95. The first-order valence-corrected chi connectivity index (χ1v) is 5.34. The molecule has 2 heterocycles. The van der Waals surface area contributed by atoms with Crippen molar-refractivity contribution in [3.63, 3.8) is 0 Å². The molecule has 2 aromatic rings. The Balaban J connectivity index is 2.16. The highest BCUT2D eigenvalue weighted by atomic mass is 16.3. The van der Waals surface area contributed by atoms with E-state index in [4.69, 9.17) is 9.68 Å². The second-order valence-corrected chi connectivity index (χ2v) is 3.89. The van der Waals surface area contributed by atoms with Crippen molar-refractivity contribution in [2.45, 2.75) is 13.0 Å². The van der Waals surface area contributed by atoms with E-state index in [0.29, 0.717) is 16.8 Å². The van der Waals surface area contributed by atoms with Gasteiger partial charge in [0.2, 0.25) is 0 Å². The lowest BCUT2D eigenvalue weighted by atomic mass is 10.1. The number of nitrogens with zero attached hydrogens (tertiary/aromatic N) is 3. The molecule has 1 N–H and O–H groups in total. The molecule has 0 aliphatic carbocycles. The molecule has 6 nitrogen and oxygen atoms in total. The lowest BCUT2D eigenvalue weighted by Gasteiger charge is -2.08. The molecule has 92 valence electrons. The van der Waals surface area contributed by atoms with Gasteiger partial charge in [-0.15, -0.1) is 0 Å². The fraction of sp³-hybridized carbons (Fsp3) is 0.250. The van der Waals surface area contributed by atoms with Crippen LogP contribution in [0.25, 0.3) is 0 Å². The van der Waals surface area contributed by atoms with E-state index in [-0.39, 0.29) is 5.91 Å². The maximum absolute atomic E-state index is 12.0. The predicted octanol–water partition coefficient (Wildman–Crippen LogP) is 1.32. The lowest BCUT2D eigenvalue weighted by molar-refractivity contribution is 0.0944. The van der Waals surface area contributed by atoms with Crippen LogP contribution in [0.15, 0.2) is 29.2 Å². The summed E-state index contributed by atoms with van der Waals surface area (Å²) in [5.74, 6) is -0.326. The molecule has 0 saturated heterocycles. The SMILES string of the molecule is Cc1nn(C)cc1C(=O)NC(C#N)c1ccoc1. The van der Waals surface area contributed by atoms with E-state index in [1.54, 1.807) is 30.9 Å². The molecule has 1 atom stereocenters. The maximum Gasteiger partial charge on any atom is 0.256 e. The number of carbonyl (C=O) groups excluding carboxylic acids is 1. The molecular weight excluding hydrogens is 232 g/mol. The molecule has 0 aromatic carbocycles. The van der Waals surface area contributed by atoms with Crippen molar-refractivity contribution in [2.75, 3.05) is 0 Å². The summed E-state index contributed by atoms with van der Waals surface area (Å²) in [5, 5.41) is 15.7. The van der Waals surface area contributed by atoms with Gasteiger partial charge in [-0.3, -0.25) is 9.48 Å². The summed E-state index contributed by atoms with van der Waals surface area (Å²) in [6.45, 7) is 1.74. The second kappa shape index (κ2) is 4.75. The smallest absolute Gasteiger partial charge is 0.256 e. The normalized spacial score (nSPS) is 11.8. The summed E-state index contributed by atoms with van der Waals surface area (Å²) in [6.07, 6.45) is 4.51. The van der Waals surface area contributed by atoms with Crippen molar-refractivity contribution in [3.05, 3.63) is 41.6 Å². The molecule has 0 bridgehead atoms. The summed E-state index contributed by atoms with van der Waals surface area (Å²) >= 11 is 0. The largest absolute Gasteiger partial charge is 0.472 e. The second-order valence-electron chi connectivity index (χ2n) is 3.89. The number of nitriles is 1. The fourth-order valence-corrected chi connectivity index (χ4v) is 1.66. The number of rotatable bonds is 3. The van der Waals surface area contributed by atoms with Crippen LogP contribution in [0.1, 0.15) is 27.7 Å². The zero-order valence-electron chi connectivity index (χ0n) is 10.0. The van der Waals surface area contributed by atoms with E-state index in [0.717, 1.165) is 0 Å². The van der Waals surface area contributed by atoms with Crippen LogP contribution in [0.5, 0.6) is 0 Å². The standard InChI is InChI=1S/C12H12N4O2/c1-8-10(6-16(2)15-8)12(17)14-11(5-13)9-3-4-18-7-9/h3-4,6-7,11H,1-2H3,(H,14,17). The topological polar surface area (TPSA) is 83.9 Å². The summed E-state index contributed by atoms with van der Waals surface area (Å²) in [7, 11) is 1.74. The molecule has 0 aliphatic heterocycles. The fourth-order valence-electron chi connectivity index (χ4n) is 1.66. The number of nitrogens with one attached hydrogen (secondary N) is 1. The number of amides is 1. The van der Waals surface area contributed by atoms with Crippen LogP contribution in [0.2, 0.25) is 0 Å². The Hall–Kier alpha value is -2.55. The van der Waals surface area contributed by atoms with Gasteiger partial charge in [-0.1, -0.05) is 0 Å². The number of aromatic nitrogens is 2. The van der Waals surface area contributed by atoms with Crippen molar-refractivity contribution in [3.8, 4) is 6.07 Å². The molecule has 0 radical (unpaired) electrons. The lowest BCUT2D eigenvalue weighted by Crippen LogP contribution is -2.27. The summed E-state index contributed by atoms with van der Waals surface area (Å²) in [6, 6.07) is 2.93. The Bertz CT molecular complexity index is 592. The van der Waals surface area contributed by atoms with Crippen LogP contribution in [-0.2, 0) is 7.05 Å². The molecule has 1 unspecified atom stereocenters. The Kier molecular flexibility index (Phi) is 3.15. The van der Waals surface area contributed by atoms with Crippen LogP contribution < -0.4 is 5.32 Å². The maximum atomic E-state index is 12.0. The number of hydrogen-bond donors (Lipinski definition) is 1. The molecule has 2 aromatic heterocycles. The number of carbonyl (C=O) groups is 1. The molecule has 18 heavy (non-hydrogen) atoms. The third-order valence-corrected chi connectivity index (χ3v) is 2.54. The van der Waals surface area contributed by atoms with Crippen molar-refractivity contribution in [1.29, 1.82) is 5.26 Å². The first kappa shape index (κ1) is 11.9. The van der Waals surface area contributed by atoms with Crippen LogP contribution >= 0.6 is 0 Å². The van der Waals surface area contributed by atoms with Gasteiger partial charge in [-0.2, -0.15) is 10.4 Å². The van der Waals surface area contributed by atoms with Crippen LogP contribution in [0.4, 0.5) is 0 Å². The van der Waals surface area contributed by atoms with Crippen molar-refractivity contribution < 1.29 is 9.21 Å². The zero-order chi connectivity index (χ0) is 13.1. The van der Waals surface area contributed by atoms with Crippen LogP contribution in [0, 0.1) is 18.3 Å². The molecule has 0 spiro atoms. The molecule has 1 amide bonds. The van der Waals surface area contributed by atoms with Crippen LogP contribution in [-0.4, -0.2) is 15.7 Å². The van der Waals surface area contributed by atoms with E-state index >= 15 is 0 Å². The Morgan fingerprint density at radius 2 is 2.44 bits per heavy atom. The van der Waals surface area contributed by atoms with E-state index in [1.807, 2.05) is 6.07 Å². The van der Waals surface area contributed by atoms with Gasteiger partial charge in [0, 0.05) is 18.8 Å². The molecular formula is C12H12N4O2.